The van der Waals surface area contributed by atoms with E-state index in [1.54, 1.807) is 0 Å². The van der Waals surface area contributed by atoms with Crippen LogP contribution >= 0.6 is 12.2 Å². The summed E-state index contributed by atoms with van der Waals surface area (Å²) in [4.78, 5) is -0.0701. The van der Waals surface area contributed by atoms with Crippen LogP contribution in [-0.4, -0.2) is 31.9 Å². The predicted molar refractivity (Wildman–Crippen MR) is 78.7 cm³/mol. The summed E-state index contributed by atoms with van der Waals surface area (Å²) in [5.41, 5.74) is 5.81. The fourth-order valence-corrected chi connectivity index (χ4v) is 3.56. The Hall–Kier alpha value is -1.25. The molecule has 5 nitrogen and oxygen atoms in total. The summed E-state index contributed by atoms with van der Waals surface area (Å²) in [5.74, 6) is -0.670. The summed E-state index contributed by atoms with van der Waals surface area (Å²) in [6.45, 7) is 0.578. The molecular weight excluding hydrogens is 303 g/mol. The molecule has 3 N–H and O–H groups in total. The van der Waals surface area contributed by atoms with Crippen LogP contribution in [0.15, 0.2) is 18.2 Å². The molecule has 1 saturated heterocycles. The van der Waals surface area contributed by atoms with Gasteiger partial charge in [-0.1, -0.05) is 12.2 Å². The Morgan fingerprint density at radius 1 is 1.55 bits per heavy atom. The van der Waals surface area contributed by atoms with Crippen molar-refractivity contribution in [1.29, 1.82) is 0 Å². The molecule has 20 heavy (non-hydrogen) atoms. The van der Waals surface area contributed by atoms with E-state index in [4.69, 9.17) is 22.7 Å². The van der Waals surface area contributed by atoms with Gasteiger partial charge in [0.2, 0.25) is 10.0 Å². The lowest BCUT2D eigenvalue weighted by Crippen LogP contribution is -2.27. The number of hydrogen-bond donors (Lipinski definition) is 2. The molecule has 1 fully saturated rings. The van der Waals surface area contributed by atoms with Gasteiger partial charge in [0, 0.05) is 12.2 Å². The molecule has 1 heterocycles. The van der Waals surface area contributed by atoms with Crippen LogP contribution in [0.2, 0.25) is 0 Å². The summed E-state index contributed by atoms with van der Waals surface area (Å²) >= 11 is 4.79. The van der Waals surface area contributed by atoms with Crippen LogP contribution < -0.4 is 10.5 Å². The van der Waals surface area contributed by atoms with Gasteiger partial charge in [-0.3, -0.25) is 4.72 Å². The Labute approximate surface area is 122 Å². The predicted octanol–water partition coefficient (Wildman–Crippen LogP) is 1.38. The number of ether oxygens (including phenoxy) is 1. The van der Waals surface area contributed by atoms with E-state index in [0.29, 0.717) is 13.0 Å². The van der Waals surface area contributed by atoms with Crippen molar-refractivity contribution in [3.63, 3.8) is 0 Å². The van der Waals surface area contributed by atoms with Gasteiger partial charge in [-0.05, 0) is 31.0 Å². The summed E-state index contributed by atoms with van der Waals surface area (Å²) in [7, 11) is -3.60. The minimum absolute atomic E-state index is 0.0701. The Morgan fingerprint density at radius 2 is 2.30 bits per heavy atom. The molecule has 0 bridgehead atoms. The van der Waals surface area contributed by atoms with Crippen LogP contribution in [0.3, 0.4) is 0 Å². The zero-order valence-electron chi connectivity index (χ0n) is 10.6. The Balaban J connectivity index is 2.18. The van der Waals surface area contributed by atoms with Crippen molar-refractivity contribution < 1.29 is 17.5 Å². The average Bonchev–Trinajstić information content (AvgIpc) is 2.82. The standard InChI is InChI=1S/C12H15FN2O3S2/c13-8-3-4-11(10(6-8)12(14)19)15-20(16,17)7-9-2-1-5-18-9/h3-4,6,9,15H,1-2,5,7H2,(H2,14,19). The number of rotatable bonds is 5. The Bertz CT molecular complexity index is 613. The molecule has 0 radical (unpaired) electrons. The van der Waals surface area contributed by atoms with Gasteiger partial charge in [0.05, 0.1) is 17.5 Å². The summed E-state index contributed by atoms with van der Waals surface area (Å²) in [5, 5.41) is 0. The van der Waals surface area contributed by atoms with Crippen LogP contribution in [0.4, 0.5) is 10.1 Å². The van der Waals surface area contributed by atoms with E-state index in [9.17, 15) is 12.8 Å². The molecule has 0 spiro atoms. The Kier molecular flexibility index (Phi) is 4.56. The lowest BCUT2D eigenvalue weighted by Gasteiger charge is -2.14. The second-order valence-corrected chi connectivity index (χ2v) is 6.78. The van der Waals surface area contributed by atoms with Crippen molar-refractivity contribution in [1.82, 2.24) is 0 Å². The van der Waals surface area contributed by atoms with E-state index in [1.165, 1.54) is 6.07 Å². The van der Waals surface area contributed by atoms with Gasteiger partial charge < -0.3 is 10.5 Å². The average molecular weight is 318 g/mol. The van der Waals surface area contributed by atoms with E-state index in [0.717, 1.165) is 18.6 Å². The molecule has 8 heteroatoms. The zero-order chi connectivity index (χ0) is 14.8. The second kappa shape index (κ2) is 6.02. The van der Waals surface area contributed by atoms with E-state index < -0.39 is 15.8 Å². The van der Waals surface area contributed by atoms with Crippen LogP contribution in [0.25, 0.3) is 0 Å². The number of nitrogens with two attached hydrogens (primary N) is 1. The molecule has 1 aromatic rings. The maximum Gasteiger partial charge on any atom is 0.235 e. The van der Waals surface area contributed by atoms with E-state index in [2.05, 4.69) is 4.72 Å². The third-order valence-electron chi connectivity index (χ3n) is 2.94. The number of thiocarbonyl (C=S) groups is 1. The summed E-state index contributed by atoms with van der Waals surface area (Å²) in [6.07, 6.45) is 1.27. The third-order valence-corrected chi connectivity index (χ3v) is 4.50. The van der Waals surface area contributed by atoms with E-state index in [-0.39, 0.29) is 28.1 Å². The quantitative estimate of drug-likeness (QED) is 0.802. The molecule has 0 aromatic heterocycles. The highest BCUT2D eigenvalue weighted by Crippen LogP contribution is 2.20. The number of anilines is 1. The first kappa shape index (κ1) is 15.1. The number of halogens is 1. The van der Waals surface area contributed by atoms with Gasteiger partial charge in [-0.25, -0.2) is 12.8 Å². The van der Waals surface area contributed by atoms with Crippen molar-refractivity contribution in [2.45, 2.75) is 18.9 Å². The molecule has 0 amide bonds. The van der Waals surface area contributed by atoms with Crippen LogP contribution in [0.1, 0.15) is 18.4 Å². The number of sulfonamides is 1. The van der Waals surface area contributed by atoms with Crippen LogP contribution in [0.5, 0.6) is 0 Å². The van der Waals surface area contributed by atoms with E-state index in [1.807, 2.05) is 0 Å². The molecular formula is C12H15FN2O3S2. The number of hydrogen-bond acceptors (Lipinski definition) is 4. The lowest BCUT2D eigenvalue weighted by molar-refractivity contribution is 0.127. The van der Waals surface area contributed by atoms with Crippen molar-refractivity contribution in [2.24, 2.45) is 5.73 Å². The molecule has 0 saturated carbocycles. The molecule has 2 rings (SSSR count). The highest BCUT2D eigenvalue weighted by Gasteiger charge is 2.24. The fourth-order valence-electron chi connectivity index (χ4n) is 2.04. The molecule has 0 aliphatic carbocycles. The molecule has 1 atom stereocenters. The normalized spacial score (nSPS) is 18.9. The van der Waals surface area contributed by atoms with Crippen molar-refractivity contribution in [3.8, 4) is 0 Å². The minimum atomic E-state index is -3.60. The van der Waals surface area contributed by atoms with Gasteiger partial charge in [-0.15, -0.1) is 0 Å². The van der Waals surface area contributed by atoms with Crippen LogP contribution in [-0.2, 0) is 14.8 Å². The molecule has 1 aromatic carbocycles. The topological polar surface area (TPSA) is 81.4 Å². The highest BCUT2D eigenvalue weighted by atomic mass is 32.2. The highest BCUT2D eigenvalue weighted by molar-refractivity contribution is 7.92. The molecule has 1 aliphatic heterocycles. The van der Waals surface area contributed by atoms with Gasteiger partial charge in [-0.2, -0.15) is 0 Å². The SMILES string of the molecule is NC(=S)c1cc(F)ccc1NS(=O)(=O)CC1CCCO1. The van der Waals surface area contributed by atoms with Gasteiger partial charge in [0.1, 0.15) is 10.8 Å². The smallest absolute Gasteiger partial charge is 0.235 e. The third kappa shape index (κ3) is 3.87. The first-order valence-electron chi connectivity index (χ1n) is 6.09. The fraction of sp³-hybridized carbons (Fsp3) is 0.417. The summed E-state index contributed by atoms with van der Waals surface area (Å²) < 4.78 is 44.9. The van der Waals surface area contributed by atoms with Crippen LogP contribution in [0, 0.1) is 5.82 Å². The second-order valence-electron chi connectivity index (χ2n) is 4.57. The van der Waals surface area contributed by atoms with Crippen molar-refractivity contribution in [2.75, 3.05) is 17.1 Å². The maximum atomic E-state index is 13.2. The van der Waals surface area contributed by atoms with Gasteiger partial charge >= 0.3 is 0 Å². The lowest BCUT2D eigenvalue weighted by atomic mass is 10.2. The monoisotopic (exact) mass is 318 g/mol. The van der Waals surface area contributed by atoms with Crippen molar-refractivity contribution >= 4 is 32.9 Å². The van der Waals surface area contributed by atoms with Gasteiger partial charge in [0.25, 0.3) is 0 Å². The Morgan fingerprint density at radius 3 is 2.90 bits per heavy atom. The van der Waals surface area contributed by atoms with Gasteiger partial charge in [0.15, 0.2) is 0 Å². The first-order valence-corrected chi connectivity index (χ1v) is 8.15. The summed E-state index contributed by atoms with van der Waals surface area (Å²) in [6, 6.07) is 3.55. The molecule has 1 unspecified atom stereocenters. The number of nitrogens with one attached hydrogen (secondary N) is 1. The minimum Gasteiger partial charge on any atom is -0.389 e. The first-order chi connectivity index (χ1) is 9.37. The molecule has 110 valence electrons. The number of benzene rings is 1. The maximum absolute atomic E-state index is 13.2. The largest absolute Gasteiger partial charge is 0.389 e. The zero-order valence-corrected chi connectivity index (χ0v) is 12.3. The molecule has 1 aliphatic rings. The van der Waals surface area contributed by atoms with Crippen molar-refractivity contribution in [3.05, 3.63) is 29.6 Å². The van der Waals surface area contributed by atoms with E-state index >= 15 is 0 Å².